The molecule has 4 rings (SSSR count). The van der Waals surface area contributed by atoms with Crippen LogP contribution in [0.3, 0.4) is 0 Å². The molecule has 0 saturated carbocycles. The standard InChI is InChI=1S/C19H21N3O3/c1-20-18(23)13-5-3-2-4-12(13)16-8-9-17(25-16)19(24)22-15-10-11-6-7-14(15)21-11/h2-5,8-9,11,14-15,21H,6-7,10H2,1H3,(H,20,23)(H,22,24)/t11-,14+,15-/m1/s1. The van der Waals surface area contributed by atoms with E-state index in [1.165, 1.54) is 6.42 Å². The molecule has 2 aliphatic rings. The Morgan fingerprint density at radius 1 is 1.12 bits per heavy atom. The number of furan rings is 1. The van der Waals surface area contributed by atoms with E-state index in [4.69, 9.17) is 4.42 Å². The summed E-state index contributed by atoms with van der Waals surface area (Å²) in [6.45, 7) is 0. The Hall–Kier alpha value is -2.60. The van der Waals surface area contributed by atoms with Gasteiger partial charge < -0.3 is 20.4 Å². The molecule has 3 heterocycles. The van der Waals surface area contributed by atoms with Gasteiger partial charge in [-0.2, -0.15) is 0 Å². The fourth-order valence-electron chi connectivity index (χ4n) is 3.86. The number of benzene rings is 1. The molecule has 0 spiro atoms. The predicted molar refractivity (Wildman–Crippen MR) is 93.4 cm³/mol. The summed E-state index contributed by atoms with van der Waals surface area (Å²) in [6, 6.07) is 11.6. The molecule has 130 valence electrons. The van der Waals surface area contributed by atoms with E-state index in [1.54, 1.807) is 31.3 Å². The first-order valence-electron chi connectivity index (χ1n) is 8.64. The Morgan fingerprint density at radius 3 is 2.68 bits per heavy atom. The number of carbonyl (C=O) groups is 2. The lowest BCUT2D eigenvalue weighted by Gasteiger charge is -2.20. The fraction of sp³-hybridized carbons (Fsp3) is 0.368. The van der Waals surface area contributed by atoms with Gasteiger partial charge in [0.2, 0.25) is 0 Å². The molecule has 2 fully saturated rings. The number of amides is 2. The smallest absolute Gasteiger partial charge is 0.287 e. The van der Waals surface area contributed by atoms with Gasteiger partial charge in [-0.1, -0.05) is 18.2 Å². The topological polar surface area (TPSA) is 83.4 Å². The van der Waals surface area contributed by atoms with Crippen LogP contribution in [0.25, 0.3) is 11.3 Å². The molecule has 2 aliphatic heterocycles. The third kappa shape index (κ3) is 2.93. The zero-order chi connectivity index (χ0) is 17.4. The average molecular weight is 339 g/mol. The van der Waals surface area contributed by atoms with Crippen molar-refractivity contribution in [2.24, 2.45) is 0 Å². The second kappa shape index (κ2) is 6.37. The Kier molecular flexibility index (Phi) is 4.05. The summed E-state index contributed by atoms with van der Waals surface area (Å²) in [4.78, 5) is 24.5. The van der Waals surface area contributed by atoms with Gasteiger partial charge in [0.25, 0.3) is 11.8 Å². The molecule has 1 aromatic heterocycles. The summed E-state index contributed by atoms with van der Waals surface area (Å²) < 4.78 is 5.74. The molecule has 25 heavy (non-hydrogen) atoms. The normalized spacial score (nSPS) is 24.3. The largest absolute Gasteiger partial charge is 0.451 e. The Labute approximate surface area is 146 Å². The van der Waals surface area contributed by atoms with Crippen LogP contribution in [0.15, 0.2) is 40.8 Å². The molecule has 3 atom stereocenters. The lowest BCUT2D eigenvalue weighted by atomic mass is 9.95. The second-order valence-corrected chi connectivity index (χ2v) is 6.65. The molecule has 1 aromatic carbocycles. The molecule has 2 aromatic rings. The van der Waals surface area contributed by atoms with E-state index in [1.807, 2.05) is 12.1 Å². The minimum Gasteiger partial charge on any atom is -0.451 e. The van der Waals surface area contributed by atoms with Crippen LogP contribution in [0.2, 0.25) is 0 Å². The zero-order valence-electron chi connectivity index (χ0n) is 14.0. The van der Waals surface area contributed by atoms with Gasteiger partial charge in [-0.25, -0.2) is 0 Å². The van der Waals surface area contributed by atoms with E-state index in [0.29, 0.717) is 29.0 Å². The van der Waals surface area contributed by atoms with Gasteiger partial charge in [0.1, 0.15) is 5.76 Å². The average Bonchev–Trinajstić information content (AvgIpc) is 3.37. The van der Waals surface area contributed by atoms with Crippen molar-refractivity contribution in [2.45, 2.75) is 37.4 Å². The van der Waals surface area contributed by atoms with Crippen LogP contribution >= 0.6 is 0 Å². The van der Waals surface area contributed by atoms with Crippen molar-refractivity contribution in [2.75, 3.05) is 7.05 Å². The highest BCUT2D eigenvalue weighted by Gasteiger charge is 2.40. The highest BCUT2D eigenvalue weighted by molar-refractivity contribution is 6.00. The van der Waals surface area contributed by atoms with Crippen molar-refractivity contribution in [3.8, 4) is 11.3 Å². The van der Waals surface area contributed by atoms with E-state index in [9.17, 15) is 9.59 Å². The van der Waals surface area contributed by atoms with Gasteiger partial charge in [0, 0.05) is 30.7 Å². The third-order valence-corrected chi connectivity index (χ3v) is 5.11. The van der Waals surface area contributed by atoms with E-state index >= 15 is 0 Å². The summed E-state index contributed by atoms with van der Waals surface area (Å²) in [5.74, 6) is 0.383. The summed E-state index contributed by atoms with van der Waals surface area (Å²) in [5.41, 5.74) is 1.19. The number of hydrogen-bond donors (Lipinski definition) is 3. The highest BCUT2D eigenvalue weighted by Crippen LogP contribution is 2.29. The maximum Gasteiger partial charge on any atom is 0.287 e. The molecular weight excluding hydrogens is 318 g/mol. The molecule has 0 unspecified atom stereocenters. The maximum absolute atomic E-state index is 12.5. The van der Waals surface area contributed by atoms with Crippen molar-refractivity contribution < 1.29 is 14.0 Å². The summed E-state index contributed by atoms with van der Waals surface area (Å²) in [7, 11) is 1.59. The Balaban J connectivity index is 1.52. The molecule has 2 amide bonds. The summed E-state index contributed by atoms with van der Waals surface area (Å²) >= 11 is 0. The van der Waals surface area contributed by atoms with Crippen molar-refractivity contribution in [1.29, 1.82) is 0 Å². The summed E-state index contributed by atoms with van der Waals surface area (Å²) in [6.07, 6.45) is 3.28. The molecule has 2 saturated heterocycles. The number of carbonyl (C=O) groups excluding carboxylic acids is 2. The van der Waals surface area contributed by atoms with Gasteiger partial charge in [0.15, 0.2) is 5.76 Å². The Morgan fingerprint density at radius 2 is 1.96 bits per heavy atom. The molecule has 3 N–H and O–H groups in total. The second-order valence-electron chi connectivity index (χ2n) is 6.65. The Bertz CT molecular complexity index is 814. The lowest BCUT2D eigenvalue weighted by molar-refractivity contribution is 0.0903. The van der Waals surface area contributed by atoms with Crippen molar-refractivity contribution >= 4 is 11.8 Å². The maximum atomic E-state index is 12.5. The SMILES string of the molecule is CNC(=O)c1ccccc1-c1ccc(C(=O)N[C@@H]2C[C@H]3CC[C@@H]2N3)o1. The van der Waals surface area contributed by atoms with Crippen LogP contribution < -0.4 is 16.0 Å². The quantitative estimate of drug-likeness (QED) is 0.795. The monoisotopic (exact) mass is 339 g/mol. The van der Waals surface area contributed by atoms with Crippen LogP contribution in [-0.4, -0.2) is 37.0 Å². The minimum absolute atomic E-state index is 0.165. The van der Waals surface area contributed by atoms with Gasteiger partial charge in [-0.05, 0) is 37.5 Å². The van der Waals surface area contributed by atoms with Crippen molar-refractivity contribution in [3.63, 3.8) is 0 Å². The highest BCUT2D eigenvalue weighted by atomic mass is 16.4. The van der Waals surface area contributed by atoms with Crippen LogP contribution in [0.1, 0.15) is 40.2 Å². The first kappa shape index (κ1) is 15.9. The molecule has 6 nitrogen and oxygen atoms in total. The van der Waals surface area contributed by atoms with Gasteiger partial charge in [-0.3, -0.25) is 9.59 Å². The summed E-state index contributed by atoms with van der Waals surface area (Å²) in [5, 5.41) is 9.19. The number of rotatable bonds is 4. The number of fused-ring (bicyclic) bond motifs is 2. The molecule has 6 heteroatoms. The third-order valence-electron chi connectivity index (χ3n) is 5.11. The van der Waals surface area contributed by atoms with Crippen molar-refractivity contribution in [3.05, 3.63) is 47.7 Å². The first-order valence-corrected chi connectivity index (χ1v) is 8.64. The molecular formula is C19H21N3O3. The van der Waals surface area contributed by atoms with Gasteiger partial charge in [-0.15, -0.1) is 0 Å². The molecule has 0 radical (unpaired) electrons. The first-order chi connectivity index (χ1) is 12.2. The van der Waals surface area contributed by atoms with Gasteiger partial charge in [0.05, 0.1) is 5.56 Å². The lowest BCUT2D eigenvalue weighted by Crippen LogP contribution is -2.42. The number of nitrogens with one attached hydrogen (secondary N) is 3. The van der Waals surface area contributed by atoms with Crippen LogP contribution in [0.5, 0.6) is 0 Å². The fourth-order valence-corrected chi connectivity index (χ4v) is 3.86. The minimum atomic E-state index is -0.206. The van der Waals surface area contributed by atoms with E-state index in [-0.39, 0.29) is 23.6 Å². The van der Waals surface area contributed by atoms with Crippen LogP contribution in [0, 0.1) is 0 Å². The number of hydrogen-bond acceptors (Lipinski definition) is 4. The van der Waals surface area contributed by atoms with Crippen molar-refractivity contribution in [1.82, 2.24) is 16.0 Å². The molecule has 2 bridgehead atoms. The van der Waals surface area contributed by atoms with E-state index in [2.05, 4.69) is 16.0 Å². The predicted octanol–water partition coefficient (Wildman–Crippen LogP) is 1.93. The molecule has 0 aliphatic carbocycles. The zero-order valence-corrected chi connectivity index (χ0v) is 14.0. The van der Waals surface area contributed by atoms with E-state index < -0.39 is 0 Å². The van der Waals surface area contributed by atoms with Crippen LogP contribution in [0.4, 0.5) is 0 Å². The van der Waals surface area contributed by atoms with Crippen LogP contribution in [-0.2, 0) is 0 Å². The van der Waals surface area contributed by atoms with E-state index in [0.717, 1.165) is 12.8 Å². The van der Waals surface area contributed by atoms with Gasteiger partial charge >= 0.3 is 0 Å².